The molecule has 20 heavy (non-hydrogen) atoms. The SMILES string of the molecule is CCCNC(c1cccc(C)c1I)c1c(Br)cnn1C. The molecular weight excluding hydrogens is 429 g/mol. The van der Waals surface area contributed by atoms with Crippen molar-refractivity contribution in [3.8, 4) is 0 Å². The van der Waals surface area contributed by atoms with Crippen molar-refractivity contribution in [2.75, 3.05) is 6.54 Å². The molecule has 0 aliphatic heterocycles. The first kappa shape index (κ1) is 16.0. The summed E-state index contributed by atoms with van der Waals surface area (Å²) in [7, 11) is 1.99. The summed E-state index contributed by atoms with van der Waals surface area (Å²) in [5, 5.41) is 7.99. The van der Waals surface area contributed by atoms with Crippen LogP contribution < -0.4 is 5.32 Å². The van der Waals surface area contributed by atoms with Crippen LogP contribution in [0.2, 0.25) is 0 Å². The average molecular weight is 448 g/mol. The van der Waals surface area contributed by atoms with Gasteiger partial charge in [-0.2, -0.15) is 5.10 Å². The Morgan fingerprint density at radius 2 is 2.20 bits per heavy atom. The number of hydrogen-bond acceptors (Lipinski definition) is 2. The number of rotatable bonds is 5. The molecule has 1 aromatic carbocycles. The van der Waals surface area contributed by atoms with E-state index in [4.69, 9.17) is 0 Å². The summed E-state index contributed by atoms with van der Waals surface area (Å²) in [6.07, 6.45) is 2.97. The lowest BCUT2D eigenvalue weighted by Gasteiger charge is -2.22. The predicted octanol–water partition coefficient (Wildman–Crippen LogP) is 4.18. The molecule has 1 N–H and O–H groups in total. The molecule has 0 aliphatic rings. The van der Waals surface area contributed by atoms with E-state index in [2.05, 4.69) is 81.0 Å². The third kappa shape index (κ3) is 3.26. The number of nitrogens with one attached hydrogen (secondary N) is 1. The van der Waals surface area contributed by atoms with Gasteiger partial charge in [-0.1, -0.05) is 25.1 Å². The van der Waals surface area contributed by atoms with Gasteiger partial charge in [0.2, 0.25) is 0 Å². The van der Waals surface area contributed by atoms with Crippen molar-refractivity contribution in [3.05, 3.63) is 49.3 Å². The molecule has 0 amide bonds. The van der Waals surface area contributed by atoms with Gasteiger partial charge in [0, 0.05) is 10.6 Å². The summed E-state index contributed by atoms with van der Waals surface area (Å²) in [6.45, 7) is 5.32. The van der Waals surface area contributed by atoms with Gasteiger partial charge in [0.05, 0.1) is 22.4 Å². The molecule has 5 heteroatoms. The molecule has 108 valence electrons. The lowest BCUT2D eigenvalue weighted by Crippen LogP contribution is -2.26. The normalized spacial score (nSPS) is 12.7. The highest BCUT2D eigenvalue weighted by atomic mass is 127. The minimum absolute atomic E-state index is 0.156. The Morgan fingerprint density at radius 3 is 2.80 bits per heavy atom. The van der Waals surface area contributed by atoms with Crippen molar-refractivity contribution < 1.29 is 0 Å². The largest absolute Gasteiger partial charge is 0.305 e. The van der Waals surface area contributed by atoms with Crippen LogP contribution in [0.1, 0.15) is 36.2 Å². The molecule has 0 aliphatic carbocycles. The Kier molecular flexibility index (Phi) is 5.63. The molecule has 1 atom stereocenters. The lowest BCUT2D eigenvalue weighted by molar-refractivity contribution is 0.550. The van der Waals surface area contributed by atoms with Crippen LogP contribution in [0.25, 0.3) is 0 Å². The topological polar surface area (TPSA) is 29.9 Å². The van der Waals surface area contributed by atoms with Crippen molar-refractivity contribution in [2.45, 2.75) is 26.3 Å². The zero-order valence-corrected chi connectivity index (χ0v) is 15.7. The zero-order valence-electron chi connectivity index (χ0n) is 12.0. The third-order valence-electron chi connectivity index (χ3n) is 3.34. The van der Waals surface area contributed by atoms with Crippen LogP contribution in [0.15, 0.2) is 28.9 Å². The highest BCUT2D eigenvalue weighted by molar-refractivity contribution is 14.1. The van der Waals surface area contributed by atoms with E-state index in [-0.39, 0.29) is 6.04 Å². The highest BCUT2D eigenvalue weighted by Crippen LogP contribution is 2.31. The summed E-state index contributed by atoms with van der Waals surface area (Å²) in [6, 6.07) is 6.63. The zero-order chi connectivity index (χ0) is 14.7. The molecule has 1 heterocycles. The van der Waals surface area contributed by atoms with Gasteiger partial charge in [0.1, 0.15) is 0 Å². The molecule has 0 saturated carbocycles. The van der Waals surface area contributed by atoms with Gasteiger partial charge in [0.15, 0.2) is 0 Å². The fourth-order valence-corrected chi connectivity index (χ4v) is 3.53. The maximum Gasteiger partial charge on any atom is 0.0770 e. The Hall–Kier alpha value is -0.400. The molecule has 0 radical (unpaired) electrons. The molecule has 0 bridgehead atoms. The van der Waals surface area contributed by atoms with E-state index < -0.39 is 0 Å². The summed E-state index contributed by atoms with van der Waals surface area (Å²) in [4.78, 5) is 0. The van der Waals surface area contributed by atoms with Crippen molar-refractivity contribution in [2.24, 2.45) is 7.05 Å². The minimum atomic E-state index is 0.156. The molecule has 3 nitrogen and oxygen atoms in total. The van der Waals surface area contributed by atoms with E-state index in [1.54, 1.807) is 0 Å². The Bertz CT molecular complexity index is 575. The van der Waals surface area contributed by atoms with E-state index in [9.17, 15) is 0 Å². The number of halogens is 2. The van der Waals surface area contributed by atoms with E-state index in [1.165, 1.54) is 20.4 Å². The van der Waals surface area contributed by atoms with Crippen LogP contribution in [0.4, 0.5) is 0 Å². The highest BCUT2D eigenvalue weighted by Gasteiger charge is 2.22. The number of aromatic nitrogens is 2. The van der Waals surface area contributed by atoms with Gasteiger partial charge in [-0.3, -0.25) is 4.68 Å². The Labute approximate surface area is 142 Å². The number of benzene rings is 1. The minimum Gasteiger partial charge on any atom is -0.305 e. The quantitative estimate of drug-likeness (QED) is 0.696. The number of aryl methyl sites for hydroxylation is 2. The first-order valence-corrected chi connectivity index (χ1v) is 8.59. The molecule has 0 fully saturated rings. The summed E-state index contributed by atoms with van der Waals surface area (Å²) in [5.41, 5.74) is 3.79. The van der Waals surface area contributed by atoms with E-state index >= 15 is 0 Å². The van der Waals surface area contributed by atoms with Gasteiger partial charge in [0.25, 0.3) is 0 Å². The first-order chi connectivity index (χ1) is 9.56. The number of nitrogens with zero attached hydrogens (tertiary/aromatic N) is 2. The van der Waals surface area contributed by atoms with Crippen molar-refractivity contribution >= 4 is 38.5 Å². The smallest absolute Gasteiger partial charge is 0.0770 e. The Morgan fingerprint density at radius 1 is 1.45 bits per heavy atom. The summed E-state index contributed by atoms with van der Waals surface area (Å²) >= 11 is 6.06. The van der Waals surface area contributed by atoms with Crippen LogP contribution >= 0.6 is 38.5 Å². The molecule has 1 unspecified atom stereocenters. The van der Waals surface area contributed by atoms with Crippen molar-refractivity contribution in [1.82, 2.24) is 15.1 Å². The van der Waals surface area contributed by atoms with Gasteiger partial charge in [-0.05, 0) is 69.5 Å². The summed E-state index contributed by atoms with van der Waals surface area (Å²) < 4.78 is 4.30. The maximum absolute atomic E-state index is 4.35. The second-order valence-electron chi connectivity index (χ2n) is 4.87. The van der Waals surface area contributed by atoms with E-state index in [1.807, 2.05) is 17.9 Å². The lowest BCUT2D eigenvalue weighted by atomic mass is 10.0. The number of hydrogen-bond donors (Lipinski definition) is 1. The van der Waals surface area contributed by atoms with Gasteiger partial charge < -0.3 is 5.32 Å². The fourth-order valence-electron chi connectivity index (χ4n) is 2.28. The Balaban J connectivity index is 2.50. The summed E-state index contributed by atoms with van der Waals surface area (Å²) in [5.74, 6) is 0. The van der Waals surface area contributed by atoms with Crippen LogP contribution in [0, 0.1) is 10.5 Å². The van der Waals surface area contributed by atoms with Gasteiger partial charge in [-0.25, -0.2) is 0 Å². The molecule has 1 aromatic heterocycles. The van der Waals surface area contributed by atoms with Crippen molar-refractivity contribution in [1.29, 1.82) is 0 Å². The predicted molar refractivity (Wildman–Crippen MR) is 94.9 cm³/mol. The first-order valence-electron chi connectivity index (χ1n) is 6.72. The fraction of sp³-hybridized carbons (Fsp3) is 0.400. The van der Waals surface area contributed by atoms with Crippen LogP contribution in [0.3, 0.4) is 0 Å². The van der Waals surface area contributed by atoms with Crippen molar-refractivity contribution in [3.63, 3.8) is 0 Å². The molecule has 2 aromatic rings. The third-order valence-corrected chi connectivity index (χ3v) is 5.43. The van der Waals surface area contributed by atoms with Gasteiger partial charge in [-0.15, -0.1) is 0 Å². The standard InChI is InChI=1S/C15H19BrIN3/c1-4-8-18-14(15-12(16)9-19-20(15)3)11-7-5-6-10(2)13(11)17/h5-7,9,14,18H,4,8H2,1-3H3. The second-order valence-corrected chi connectivity index (χ2v) is 6.80. The maximum atomic E-state index is 4.35. The van der Waals surface area contributed by atoms with E-state index in [0.29, 0.717) is 0 Å². The molecular formula is C15H19BrIN3. The van der Waals surface area contributed by atoms with Crippen LogP contribution in [0.5, 0.6) is 0 Å². The monoisotopic (exact) mass is 447 g/mol. The molecule has 2 rings (SSSR count). The van der Waals surface area contributed by atoms with Crippen LogP contribution in [-0.4, -0.2) is 16.3 Å². The van der Waals surface area contributed by atoms with Gasteiger partial charge >= 0.3 is 0 Å². The molecule has 0 saturated heterocycles. The van der Waals surface area contributed by atoms with Crippen LogP contribution in [-0.2, 0) is 7.05 Å². The average Bonchev–Trinajstić information content (AvgIpc) is 2.75. The van der Waals surface area contributed by atoms with E-state index in [0.717, 1.165) is 17.4 Å². The molecule has 0 spiro atoms. The second kappa shape index (κ2) is 7.04.